The lowest BCUT2D eigenvalue weighted by Crippen LogP contribution is -2.27. The van der Waals surface area contributed by atoms with Crippen LogP contribution in [0.4, 0.5) is 8.78 Å². The van der Waals surface area contributed by atoms with Crippen LogP contribution >= 0.6 is 23.1 Å². The molecule has 7 nitrogen and oxygen atoms in total. The molecule has 3 aromatic rings. The predicted molar refractivity (Wildman–Crippen MR) is 104 cm³/mol. The van der Waals surface area contributed by atoms with Gasteiger partial charge in [0.15, 0.2) is 5.82 Å². The van der Waals surface area contributed by atoms with Crippen LogP contribution in [0.15, 0.2) is 46.9 Å². The summed E-state index contributed by atoms with van der Waals surface area (Å²) in [6.07, 6.45) is 0. The summed E-state index contributed by atoms with van der Waals surface area (Å²) >= 11 is 2.77. The van der Waals surface area contributed by atoms with Crippen molar-refractivity contribution >= 4 is 29.0 Å². The van der Waals surface area contributed by atoms with E-state index in [0.717, 1.165) is 4.88 Å². The normalized spacial score (nSPS) is 11.0. The highest BCUT2D eigenvalue weighted by atomic mass is 32.2. The number of aromatic nitrogens is 3. The number of amides is 1. The largest absolute Gasteiger partial charge is 0.435 e. The lowest BCUT2D eigenvalue weighted by molar-refractivity contribution is -0.127. The lowest BCUT2D eigenvalue weighted by atomic mass is 10.2. The molecule has 0 aliphatic carbocycles. The van der Waals surface area contributed by atoms with Gasteiger partial charge in [-0.05, 0) is 35.7 Å². The predicted octanol–water partition coefficient (Wildman–Crippen LogP) is 3.07. The van der Waals surface area contributed by atoms with Crippen LogP contribution in [0.2, 0.25) is 0 Å². The molecule has 2 N–H and O–H groups in total. The lowest BCUT2D eigenvalue weighted by Gasteiger charge is -2.15. The summed E-state index contributed by atoms with van der Waals surface area (Å²) in [6.45, 7) is -2.34. The third-order valence-corrected chi connectivity index (χ3v) is 5.51. The maximum Gasteiger partial charge on any atom is 0.387 e. The highest BCUT2D eigenvalue weighted by molar-refractivity contribution is 7.99. The van der Waals surface area contributed by atoms with Crippen molar-refractivity contribution in [2.45, 2.75) is 18.3 Å². The zero-order chi connectivity index (χ0) is 20.1. The van der Waals surface area contributed by atoms with Gasteiger partial charge in [-0.1, -0.05) is 17.8 Å². The summed E-state index contributed by atoms with van der Waals surface area (Å²) < 4.78 is 30.0. The van der Waals surface area contributed by atoms with Crippen molar-refractivity contribution in [3.63, 3.8) is 0 Å². The Morgan fingerprint density at radius 2 is 2.07 bits per heavy atom. The van der Waals surface area contributed by atoms with E-state index in [2.05, 4.69) is 14.9 Å². The van der Waals surface area contributed by atoms with Crippen LogP contribution < -0.4 is 10.6 Å². The molecule has 148 valence electrons. The molecule has 0 fully saturated rings. The molecule has 2 aromatic heterocycles. The quantitative estimate of drug-likeness (QED) is 0.441. The average Bonchev–Trinajstić information content (AvgIpc) is 3.30. The second-order valence-electron chi connectivity index (χ2n) is 5.70. The van der Waals surface area contributed by atoms with E-state index in [1.165, 1.54) is 28.6 Å². The molecule has 2 heterocycles. The standard InChI is InChI=1S/C17H17F2N5O2S2/c1-23(9-13-3-2-8-27-13)14(25)10-28-17-22-21-15(24(17)20)11-4-6-12(7-5-11)26-16(18)19/h2-8,16H,9-10,20H2,1H3. The molecular weight excluding hydrogens is 408 g/mol. The Morgan fingerprint density at radius 3 is 2.71 bits per heavy atom. The SMILES string of the molecule is CN(Cc1cccs1)C(=O)CSc1nnc(-c2ccc(OC(F)F)cc2)n1N. The fourth-order valence-electron chi connectivity index (χ4n) is 2.32. The molecule has 1 amide bonds. The molecule has 0 bridgehead atoms. The first kappa shape index (κ1) is 20.1. The molecule has 0 atom stereocenters. The fourth-order valence-corrected chi connectivity index (χ4v) is 3.87. The van der Waals surface area contributed by atoms with Gasteiger partial charge in [-0.2, -0.15) is 8.78 Å². The molecule has 0 aliphatic heterocycles. The van der Waals surface area contributed by atoms with E-state index in [1.54, 1.807) is 35.4 Å². The van der Waals surface area contributed by atoms with Gasteiger partial charge in [0.05, 0.1) is 12.3 Å². The van der Waals surface area contributed by atoms with E-state index in [0.29, 0.717) is 23.1 Å². The van der Waals surface area contributed by atoms with E-state index >= 15 is 0 Å². The summed E-state index contributed by atoms with van der Waals surface area (Å²) in [7, 11) is 1.74. The van der Waals surface area contributed by atoms with E-state index in [4.69, 9.17) is 5.84 Å². The first-order valence-electron chi connectivity index (χ1n) is 8.09. The van der Waals surface area contributed by atoms with Crippen LogP contribution in [-0.4, -0.2) is 45.1 Å². The van der Waals surface area contributed by atoms with Gasteiger partial charge in [-0.15, -0.1) is 21.5 Å². The highest BCUT2D eigenvalue weighted by Crippen LogP contribution is 2.24. The van der Waals surface area contributed by atoms with E-state index in [1.807, 2.05) is 17.5 Å². The van der Waals surface area contributed by atoms with Crippen molar-refractivity contribution < 1.29 is 18.3 Å². The number of alkyl halides is 2. The molecule has 0 saturated carbocycles. The number of thiophene rings is 1. The van der Waals surface area contributed by atoms with Gasteiger partial charge in [0, 0.05) is 17.5 Å². The Morgan fingerprint density at radius 1 is 1.32 bits per heavy atom. The van der Waals surface area contributed by atoms with Gasteiger partial charge < -0.3 is 15.5 Å². The van der Waals surface area contributed by atoms with Gasteiger partial charge in [-0.25, -0.2) is 4.68 Å². The summed E-state index contributed by atoms with van der Waals surface area (Å²) in [5.74, 6) is 6.52. The number of nitrogens with zero attached hydrogens (tertiary/aromatic N) is 4. The maximum absolute atomic E-state index is 12.3. The fraction of sp³-hybridized carbons (Fsp3) is 0.235. The van der Waals surface area contributed by atoms with Crippen molar-refractivity contribution in [3.05, 3.63) is 46.7 Å². The first-order valence-corrected chi connectivity index (χ1v) is 9.95. The van der Waals surface area contributed by atoms with Crippen molar-refractivity contribution in [2.75, 3.05) is 18.6 Å². The number of nitrogens with two attached hydrogens (primary N) is 1. The van der Waals surface area contributed by atoms with Crippen LogP contribution in [0.25, 0.3) is 11.4 Å². The zero-order valence-electron chi connectivity index (χ0n) is 14.8. The van der Waals surface area contributed by atoms with Gasteiger partial charge in [0.1, 0.15) is 5.75 Å². The number of halogens is 2. The smallest absolute Gasteiger partial charge is 0.387 e. The molecule has 0 spiro atoms. The third-order valence-electron chi connectivity index (χ3n) is 3.73. The van der Waals surface area contributed by atoms with Gasteiger partial charge in [-0.3, -0.25) is 4.79 Å². The molecule has 0 aliphatic rings. The Bertz CT molecular complexity index is 916. The summed E-state index contributed by atoms with van der Waals surface area (Å²) in [6, 6.07) is 9.82. The number of benzene rings is 1. The number of hydrogen-bond donors (Lipinski definition) is 1. The topological polar surface area (TPSA) is 86.3 Å². The zero-order valence-corrected chi connectivity index (χ0v) is 16.4. The summed E-state index contributed by atoms with van der Waals surface area (Å²) in [4.78, 5) is 15.0. The Labute approximate surface area is 168 Å². The van der Waals surface area contributed by atoms with Crippen LogP contribution in [0.3, 0.4) is 0 Å². The highest BCUT2D eigenvalue weighted by Gasteiger charge is 2.16. The van der Waals surface area contributed by atoms with Crippen LogP contribution in [-0.2, 0) is 11.3 Å². The number of carbonyl (C=O) groups is 1. The maximum atomic E-state index is 12.3. The summed E-state index contributed by atoms with van der Waals surface area (Å²) in [5.41, 5.74) is 0.588. The van der Waals surface area contributed by atoms with Gasteiger partial charge in [0.25, 0.3) is 0 Å². The second kappa shape index (κ2) is 9.02. The van der Waals surface area contributed by atoms with Crippen molar-refractivity contribution in [1.82, 2.24) is 19.8 Å². The molecule has 0 unspecified atom stereocenters. The molecule has 3 rings (SSSR count). The van der Waals surface area contributed by atoms with E-state index < -0.39 is 6.61 Å². The molecule has 1 aromatic carbocycles. The van der Waals surface area contributed by atoms with Gasteiger partial charge in [0.2, 0.25) is 11.1 Å². The number of nitrogen functional groups attached to an aromatic ring is 1. The minimum absolute atomic E-state index is 0.0378. The second-order valence-corrected chi connectivity index (χ2v) is 7.67. The number of ether oxygens (including phenoxy) is 1. The van der Waals surface area contributed by atoms with Crippen molar-refractivity contribution in [2.24, 2.45) is 0 Å². The van der Waals surface area contributed by atoms with E-state index in [9.17, 15) is 13.6 Å². The number of rotatable bonds is 8. The average molecular weight is 425 g/mol. The number of carbonyl (C=O) groups excluding carboxylic acids is 1. The van der Waals surface area contributed by atoms with Crippen molar-refractivity contribution in [3.8, 4) is 17.1 Å². The first-order chi connectivity index (χ1) is 13.4. The van der Waals surface area contributed by atoms with E-state index in [-0.39, 0.29) is 17.4 Å². The number of thioether (sulfide) groups is 1. The van der Waals surface area contributed by atoms with Gasteiger partial charge >= 0.3 is 6.61 Å². The Balaban J connectivity index is 1.60. The Kier molecular flexibility index (Phi) is 6.47. The third kappa shape index (κ3) is 4.98. The Hall–Kier alpha value is -2.66. The minimum Gasteiger partial charge on any atom is -0.435 e. The molecule has 28 heavy (non-hydrogen) atoms. The monoisotopic (exact) mass is 425 g/mol. The number of hydrogen-bond acceptors (Lipinski definition) is 7. The van der Waals surface area contributed by atoms with Crippen LogP contribution in [0.1, 0.15) is 4.88 Å². The van der Waals surface area contributed by atoms with Crippen LogP contribution in [0, 0.1) is 0 Å². The summed E-state index contributed by atoms with van der Waals surface area (Å²) in [5, 5.41) is 10.4. The molecule has 11 heteroatoms. The molecule has 0 radical (unpaired) electrons. The minimum atomic E-state index is -2.89. The van der Waals surface area contributed by atoms with Crippen molar-refractivity contribution in [1.29, 1.82) is 0 Å². The molecular formula is C17H17F2N5O2S2. The molecule has 0 saturated heterocycles. The van der Waals surface area contributed by atoms with Crippen LogP contribution in [0.5, 0.6) is 5.75 Å².